The number of amides is 1. The molecule has 4 nitrogen and oxygen atoms in total. The van der Waals surface area contributed by atoms with Crippen LogP contribution in [0.2, 0.25) is 0 Å². The minimum atomic E-state index is -0.0926. The molecule has 2 aromatic rings. The van der Waals surface area contributed by atoms with E-state index in [0.29, 0.717) is 11.4 Å². The molecule has 0 radical (unpaired) electrons. The van der Waals surface area contributed by atoms with Crippen LogP contribution in [0.4, 0.5) is 0 Å². The third-order valence-electron chi connectivity index (χ3n) is 4.13. The molecule has 1 saturated heterocycles. The first kappa shape index (κ1) is 12.9. The van der Waals surface area contributed by atoms with E-state index >= 15 is 0 Å². The van der Waals surface area contributed by atoms with Gasteiger partial charge in [0, 0.05) is 24.2 Å². The van der Waals surface area contributed by atoms with Crippen molar-refractivity contribution < 1.29 is 4.79 Å². The lowest BCUT2D eigenvalue weighted by atomic mass is 10.0. The fraction of sp³-hybridized carbons (Fsp3) is 0.375. The van der Waals surface area contributed by atoms with Crippen molar-refractivity contribution >= 4 is 16.7 Å². The molecule has 1 fully saturated rings. The van der Waals surface area contributed by atoms with Crippen molar-refractivity contribution in [3.8, 4) is 0 Å². The van der Waals surface area contributed by atoms with E-state index in [2.05, 4.69) is 6.92 Å². The zero-order chi connectivity index (χ0) is 14.1. The van der Waals surface area contributed by atoms with Crippen LogP contribution in [0.15, 0.2) is 41.3 Å². The van der Waals surface area contributed by atoms with Crippen LogP contribution in [-0.4, -0.2) is 28.0 Å². The summed E-state index contributed by atoms with van der Waals surface area (Å²) in [5.41, 5.74) is -0.0926. The number of likely N-dealkylation sites (tertiary alicyclic amines) is 1. The number of fused-ring (bicyclic) bond motifs is 1. The first-order chi connectivity index (χ1) is 9.70. The third-order valence-corrected chi connectivity index (χ3v) is 4.13. The van der Waals surface area contributed by atoms with Gasteiger partial charge >= 0.3 is 0 Å². The van der Waals surface area contributed by atoms with Gasteiger partial charge in [-0.15, -0.1) is 0 Å². The van der Waals surface area contributed by atoms with E-state index in [1.165, 1.54) is 4.57 Å². The minimum Gasteiger partial charge on any atom is -0.338 e. The molecular formula is C16H18N2O2. The van der Waals surface area contributed by atoms with Gasteiger partial charge in [-0.05, 0) is 30.4 Å². The lowest BCUT2D eigenvalue weighted by molar-refractivity contribution is -0.139. The summed E-state index contributed by atoms with van der Waals surface area (Å²) in [7, 11) is 0. The number of nitrogens with zero attached hydrogens (tertiary/aromatic N) is 2. The van der Waals surface area contributed by atoms with Crippen LogP contribution < -0.4 is 5.56 Å². The average molecular weight is 270 g/mol. The molecule has 3 rings (SSSR count). The number of hydrogen-bond acceptors (Lipinski definition) is 2. The van der Waals surface area contributed by atoms with E-state index in [1.807, 2.05) is 29.2 Å². The van der Waals surface area contributed by atoms with E-state index in [4.69, 9.17) is 0 Å². The number of rotatable bonds is 3. The number of aromatic nitrogens is 1. The summed E-state index contributed by atoms with van der Waals surface area (Å²) in [4.78, 5) is 26.4. The first-order valence-electron chi connectivity index (χ1n) is 7.08. The van der Waals surface area contributed by atoms with Crippen molar-refractivity contribution in [1.82, 2.24) is 9.47 Å². The van der Waals surface area contributed by atoms with Crippen molar-refractivity contribution in [3.63, 3.8) is 0 Å². The summed E-state index contributed by atoms with van der Waals surface area (Å²) >= 11 is 0. The monoisotopic (exact) mass is 270 g/mol. The second kappa shape index (κ2) is 5.12. The van der Waals surface area contributed by atoms with Crippen LogP contribution >= 0.6 is 0 Å². The van der Waals surface area contributed by atoms with E-state index in [9.17, 15) is 9.59 Å². The number of pyridine rings is 1. The number of carbonyl (C=O) groups excluding carboxylic acids is 1. The molecule has 1 aromatic carbocycles. The van der Waals surface area contributed by atoms with E-state index in [1.54, 1.807) is 12.3 Å². The Hall–Kier alpha value is -2.10. The zero-order valence-corrected chi connectivity index (χ0v) is 11.6. The molecule has 0 bridgehead atoms. The summed E-state index contributed by atoms with van der Waals surface area (Å²) in [5, 5.41) is 1.58. The summed E-state index contributed by atoms with van der Waals surface area (Å²) in [5.74, 6) is 0.0421. The summed E-state index contributed by atoms with van der Waals surface area (Å²) in [6, 6.07) is 9.71. The van der Waals surface area contributed by atoms with Gasteiger partial charge in [0.25, 0.3) is 5.56 Å². The van der Waals surface area contributed by atoms with Gasteiger partial charge in [0.05, 0.1) is 0 Å². The fourth-order valence-electron chi connectivity index (χ4n) is 2.78. The van der Waals surface area contributed by atoms with Gasteiger partial charge in [-0.3, -0.25) is 9.59 Å². The Kier molecular flexibility index (Phi) is 3.30. The highest BCUT2D eigenvalue weighted by Gasteiger charge is 2.30. The van der Waals surface area contributed by atoms with Crippen LogP contribution in [0.25, 0.3) is 10.8 Å². The predicted octanol–water partition coefficient (Wildman–Crippen LogP) is 2.01. The molecule has 1 unspecified atom stereocenters. The molecule has 0 saturated carbocycles. The standard InChI is InChI=1S/C16H18N2O2/c1-2-13-8-10-18(13)15(19)11-17-9-7-12-5-3-4-6-14(12)16(17)20/h3-7,9,13H,2,8,10-11H2,1H3. The van der Waals surface area contributed by atoms with Crippen LogP contribution in [0.5, 0.6) is 0 Å². The quantitative estimate of drug-likeness (QED) is 0.856. The van der Waals surface area contributed by atoms with Crippen LogP contribution in [0.3, 0.4) is 0 Å². The molecule has 20 heavy (non-hydrogen) atoms. The Morgan fingerprint density at radius 2 is 2.10 bits per heavy atom. The maximum absolute atomic E-state index is 12.3. The van der Waals surface area contributed by atoms with Crippen LogP contribution in [-0.2, 0) is 11.3 Å². The highest BCUT2D eigenvalue weighted by Crippen LogP contribution is 2.20. The highest BCUT2D eigenvalue weighted by molar-refractivity contribution is 5.82. The van der Waals surface area contributed by atoms with Crippen molar-refractivity contribution in [3.05, 3.63) is 46.9 Å². The molecule has 0 N–H and O–H groups in total. The fourth-order valence-corrected chi connectivity index (χ4v) is 2.78. The molecule has 1 atom stereocenters. The normalized spacial score (nSPS) is 18.1. The molecule has 0 spiro atoms. The van der Waals surface area contributed by atoms with Crippen molar-refractivity contribution in [2.45, 2.75) is 32.4 Å². The van der Waals surface area contributed by atoms with Gasteiger partial charge in [0.2, 0.25) is 5.91 Å². The molecule has 2 heterocycles. The van der Waals surface area contributed by atoms with Crippen molar-refractivity contribution in [2.75, 3.05) is 6.54 Å². The predicted molar refractivity (Wildman–Crippen MR) is 78.6 cm³/mol. The van der Waals surface area contributed by atoms with Crippen LogP contribution in [0.1, 0.15) is 19.8 Å². The number of carbonyl (C=O) groups is 1. The van der Waals surface area contributed by atoms with E-state index in [-0.39, 0.29) is 18.0 Å². The molecule has 4 heteroatoms. The molecule has 1 aliphatic heterocycles. The Labute approximate surface area is 117 Å². The Bertz CT molecular complexity index is 703. The van der Waals surface area contributed by atoms with Gasteiger partial charge in [0.1, 0.15) is 6.54 Å². The van der Waals surface area contributed by atoms with E-state index in [0.717, 1.165) is 24.8 Å². The van der Waals surface area contributed by atoms with Gasteiger partial charge in [-0.25, -0.2) is 0 Å². The van der Waals surface area contributed by atoms with Crippen molar-refractivity contribution in [1.29, 1.82) is 0 Å². The highest BCUT2D eigenvalue weighted by atomic mass is 16.2. The smallest absolute Gasteiger partial charge is 0.258 e. The molecule has 104 valence electrons. The van der Waals surface area contributed by atoms with Gasteiger partial charge < -0.3 is 9.47 Å². The summed E-state index contributed by atoms with van der Waals surface area (Å²) in [6.45, 7) is 3.05. The molecule has 1 amide bonds. The second-order valence-corrected chi connectivity index (χ2v) is 5.27. The molecular weight excluding hydrogens is 252 g/mol. The summed E-state index contributed by atoms with van der Waals surface area (Å²) in [6.07, 6.45) is 3.77. The number of benzene rings is 1. The topological polar surface area (TPSA) is 42.3 Å². The Morgan fingerprint density at radius 1 is 1.30 bits per heavy atom. The molecule has 1 aromatic heterocycles. The summed E-state index contributed by atoms with van der Waals surface area (Å²) < 4.78 is 1.51. The average Bonchev–Trinajstić information content (AvgIpc) is 2.41. The lowest BCUT2D eigenvalue weighted by Crippen LogP contribution is -2.52. The minimum absolute atomic E-state index is 0.0421. The van der Waals surface area contributed by atoms with Crippen molar-refractivity contribution in [2.24, 2.45) is 0 Å². The lowest BCUT2D eigenvalue weighted by Gasteiger charge is -2.40. The van der Waals surface area contributed by atoms with Gasteiger partial charge in [-0.1, -0.05) is 25.1 Å². The van der Waals surface area contributed by atoms with E-state index < -0.39 is 0 Å². The largest absolute Gasteiger partial charge is 0.338 e. The molecule has 0 aliphatic carbocycles. The second-order valence-electron chi connectivity index (χ2n) is 5.27. The SMILES string of the molecule is CCC1CCN1C(=O)Cn1ccc2ccccc2c1=O. The maximum Gasteiger partial charge on any atom is 0.258 e. The first-order valence-corrected chi connectivity index (χ1v) is 7.08. The maximum atomic E-state index is 12.3. The van der Waals surface area contributed by atoms with Gasteiger partial charge in [-0.2, -0.15) is 0 Å². The Balaban J connectivity index is 1.86. The molecule has 1 aliphatic rings. The van der Waals surface area contributed by atoms with Crippen LogP contribution in [0, 0.1) is 0 Å². The Morgan fingerprint density at radius 3 is 2.80 bits per heavy atom. The van der Waals surface area contributed by atoms with Gasteiger partial charge in [0.15, 0.2) is 0 Å². The third kappa shape index (κ3) is 2.11. The zero-order valence-electron chi connectivity index (χ0n) is 11.6. The number of hydrogen-bond donors (Lipinski definition) is 0.